The second-order valence-corrected chi connectivity index (χ2v) is 8.13. The Morgan fingerprint density at radius 3 is 2.55 bits per heavy atom. The van der Waals surface area contributed by atoms with Crippen LogP contribution in [0.4, 0.5) is 0 Å². The van der Waals surface area contributed by atoms with E-state index in [0.29, 0.717) is 18.7 Å². The smallest absolute Gasteiger partial charge is 0.131 e. The van der Waals surface area contributed by atoms with Gasteiger partial charge in [-0.3, -0.25) is 9.74 Å². The molecule has 0 spiro atoms. The average molecular weight is 324 g/mol. The molecule has 6 heteroatoms. The van der Waals surface area contributed by atoms with Crippen LogP contribution in [-0.4, -0.2) is 57.6 Å². The first-order valence-electron chi connectivity index (χ1n) is 8.55. The molecule has 3 fully saturated rings. The highest BCUT2D eigenvalue weighted by Gasteiger charge is 2.46. The molecule has 5 nitrogen and oxygen atoms in total. The van der Waals surface area contributed by atoms with Crippen molar-refractivity contribution >= 4 is 11.8 Å². The number of hydrazine groups is 1. The van der Waals surface area contributed by atoms with Gasteiger partial charge in [-0.25, -0.2) is 5.01 Å². The second-order valence-electron chi connectivity index (χ2n) is 7.13. The third kappa shape index (κ3) is 3.15. The summed E-state index contributed by atoms with van der Waals surface area (Å²) in [5, 5.41) is 13.9. The van der Waals surface area contributed by atoms with Gasteiger partial charge in [0, 0.05) is 23.7 Å². The molecule has 0 amide bonds. The summed E-state index contributed by atoms with van der Waals surface area (Å²) in [5.41, 5.74) is 0. The molecular weight excluding hydrogens is 296 g/mol. The van der Waals surface area contributed by atoms with Crippen LogP contribution in [0.2, 0.25) is 0 Å². The van der Waals surface area contributed by atoms with Crippen molar-refractivity contribution in [3.63, 3.8) is 0 Å². The lowest BCUT2D eigenvalue weighted by atomic mass is 9.87. The molecule has 0 radical (unpaired) electrons. The van der Waals surface area contributed by atoms with Crippen LogP contribution in [0.5, 0.6) is 0 Å². The van der Waals surface area contributed by atoms with Crippen LogP contribution in [-0.2, 0) is 4.84 Å². The zero-order valence-corrected chi connectivity index (χ0v) is 14.8. The molecule has 0 aromatic carbocycles. The quantitative estimate of drug-likeness (QED) is 0.792. The Bertz CT molecular complexity index is 419. The maximum absolute atomic E-state index is 9.34. The molecule has 2 saturated heterocycles. The summed E-state index contributed by atoms with van der Waals surface area (Å²) >= 11 is 1.85. The minimum Gasteiger partial charge on any atom is -0.279 e. The Balaban J connectivity index is 1.68. The molecule has 2 unspecified atom stereocenters. The van der Waals surface area contributed by atoms with Crippen molar-refractivity contribution in [2.24, 2.45) is 5.92 Å². The number of rotatable bonds is 4. The average Bonchev–Trinajstić information content (AvgIpc) is 2.92. The van der Waals surface area contributed by atoms with Gasteiger partial charge in [-0.05, 0) is 45.4 Å². The standard InChI is InChI=1S/C16H28N4OS/c1-12(2)19(14-6-4-13(3)5-7-14)20-16(9-21-20)18-11-22-10-15(18)8-17/h12-16H,4-7,9-11H2,1-3H3. The van der Waals surface area contributed by atoms with E-state index in [1.54, 1.807) is 0 Å². The van der Waals surface area contributed by atoms with Crippen LogP contribution in [0.1, 0.15) is 46.5 Å². The fraction of sp³-hybridized carbons (Fsp3) is 0.938. The summed E-state index contributed by atoms with van der Waals surface area (Å²) in [4.78, 5) is 8.15. The Labute approximate surface area is 138 Å². The molecule has 0 aromatic heterocycles. The summed E-state index contributed by atoms with van der Waals surface area (Å²) < 4.78 is 0. The maximum Gasteiger partial charge on any atom is 0.131 e. The SMILES string of the molecule is CC1CCC(N(C(C)C)N2OCC2N2CSCC2C#N)CC1. The van der Waals surface area contributed by atoms with Crippen LogP contribution >= 0.6 is 11.8 Å². The van der Waals surface area contributed by atoms with Crippen molar-refractivity contribution in [1.29, 1.82) is 5.26 Å². The number of nitrogens with zero attached hydrogens (tertiary/aromatic N) is 4. The normalized spacial score (nSPS) is 37.5. The Morgan fingerprint density at radius 1 is 1.27 bits per heavy atom. The van der Waals surface area contributed by atoms with Crippen LogP contribution in [0.3, 0.4) is 0 Å². The number of hydroxylamine groups is 1. The molecule has 3 rings (SSSR count). The third-order valence-electron chi connectivity index (χ3n) is 5.18. The highest BCUT2D eigenvalue weighted by Crippen LogP contribution is 2.35. The van der Waals surface area contributed by atoms with Crippen LogP contribution in [0, 0.1) is 17.2 Å². The predicted octanol–water partition coefficient (Wildman–Crippen LogP) is 2.66. The van der Waals surface area contributed by atoms with Crippen molar-refractivity contribution in [1.82, 2.24) is 15.1 Å². The highest BCUT2D eigenvalue weighted by atomic mass is 32.2. The van der Waals surface area contributed by atoms with E-state index in [4.69, 9.17) is 4.84 Å². The maximum atomic E-state index is 9.34. The van der Waals surface area contributed by atoms with Crippen molar-refractivity contribution in [3.8, 4) is 6.07 Å². The van der Waals surface area contributed by atoms with E-state index in [1.807, 2.05) is 11.8 Å². The van der Waals surface area contributed by atoms with Crippen LogP contribution in [0.25, 0.3) is 0 Å². The summed E-state index contributed by atoms with van der Waals surface area (Å²) in [6, 6.07) is 3.48. The number of hydrogen-bond donors (Lipinski definition) is 0. The van der Waals surface area contributed by atoms with Gasteiger partial charge in [0.25, 0.3) is 0 Å². The second kappa shape index (κ2) is 7.06. The number of nitriles is 1. The molecular formula is C16H28N4OS. The monoisotopic (exact) mass is 324 g/mol. The fourth-order valence-corrected chi connectivity index (χ4v) is 4.99. The number of thioether (sulfide) groups is 1. The molecule has 2 heterocycles. The predicted molar refractivity (Wildman–Crippen MR) is 88.5 cm³/mol. The van der Waals surface area contributed by atoms with Gasteiger partial charge < -0.3 is 0 Å². The zero-order chi connectivity index (χ0) is 15.7. The molecule has 0 aromatic rings. The highest BCUT2D eigenvalue weighted by molar-refractivity contribution is 7.99. The molecule has 0 bridgehead atoms. The van der Waals surface area contributed by atoms with E-state index >= 15 is 0 Å². The lowest BCUT2D eigenvalue weighted by molar-refractivity contribution is -0.431. The van der Waals surface area contributed by atoms with Gasteiger partial charge in [-0.2, -0.15) is 5.26 Å². The van der Waals surface area contributed by atoms with Gasteiger partial charge in [-0.1, -0.05) is 6.92 Å². The van der Waals surface area contributed by atoms with E-state index in [9.17, 15) is 5.26 Å². The van der Waals surface area contributed by atoms with E-state index in [1.165, 1.54) is 25.7 Å². The van der Waals surface area contributed by atoms with Gasteiger partial charge in [0.2, 0.25) is 0 Å². The largest absolute Gasteiger partial charge is 0.279 e. The van der Waals surface area contributed by atoms with Crippen molar-refractivity contribution in [3.05, 3.63) is 0 Å². The van der Waals surface area contributed by atoms with Crippen LogP contribution < -0.4 is 0 Å². The van der Waals surface area contributed by atoms with Crippen molar-refractivity contribution < 1.29 is 4.84 Å². The Morgan fingerprint density at radius 2 is 2.00 bits per heavy atom. The summed E-state index contributed by atoms with van der Waals surface area (Å²) in [7, 11) is 0. The molecule has 0 N–H and O–H groups in total. The number of hydrogen-bond acceptors (Lipinski definition) is 6. The first-order chi connectivity index (χ1) is 10.6. The van der Waals surface area contributed by atoms with E-state index in [-0.39, 0.29) is 12.2 Å². The van der Waals surface area contributed by atoms with Gasteiger partial charge in [0.1, 0.15) is 18.8 Å². The van der Waals surface area contributed by atoms with E-state index in [0.717, 1.165) is 17.5 Å². The Hall–Kier alpha value is -0.320. The third-order valence-corrected chi connectivity index (χ3v) is 6.21. The first kappa shape index (κ1) is 16.5. The van der Waals surface area contributed by atoms with Crippen molar-refractivity contribution in [2.75, 3.05) is 18.2 Å². The minimum absolute atomic E-state index is 0.0294. The molecule has 22 heavy (non-hydrogen) atoms. The van der Waals surface area contributed by atoms with E-state index in [2.05, 4.69) is 41.9 Å². The van der Waals surface area contributed by atoms with Crippen molar-refractivity contribution in [2.45, 2.75) is 70.7 Å². The summed E-state index contributed by atoms with van der Waals surface area (Å²) in [6.45, 7) is 7.57. The lowest BCUT2D eigenvalue weighted by Crippen LogP contribution is -2.69. The van der Waals surface area contributed by atoms with Gasteiger partial charge in [0.05, 0.1) is 6.07 Å². The molecule has 2 atom stereocenters. The van der Waals surface area contributed by atoms with Gasteiger partial charge >= 0.3 is 0 Å². The van der Waals surface area contributed by atoms with Crippen LogP contribution in [0.15, 0.2) is 0 Å². The zero-order valence-electron chi connectivity index (χ0n) is 13.9. The topological polar surface area (TPSA) is 42.7 Å². The Kier molecular flexibility index (Phi) is 5.31. The van der Waals surface area contributed by atoms with Gasteiger partial charge in [0.15, 0.2) is 0 Å². The molecule has 3 aliphatic rings. The molecule has 2 aliphatic heterocycles. The fourth-order valence-electron chi connectivity index (χ4n) is 3.83. The lowest BCUT2D eigenvalue weighted by Gasteiger charge is -2.54. The molecule has 1 aliphatic carbocycles. The minimum atomic E-state index is 0.0294. The summed E-state index contributed by atoms with van der Waals surface area (Å²) in [5.74, 6) is 2.72. The molecule has 124 valence electrons. The molecule has 1 saturated carbocycles. The van der Waals surface area contributed by atoms with E-state index < -0.39 is 0 Å². The summed E-state index contributed by atoms with van der Waals surface area (Å²) in [6.07, 6.45) is 5.37. The first-order valence-corrected chi connectivity index (χ1v) is 9.70. The van der Waals surface area contributed by atoms with Gasteiger partial charge in [-0.15, -0.1) is 16.9 Å².